The van der Waals surface area contributed by atoms with Crippen LogP contribution in [0.1, 0.15) is 26.4 Å². The monoisotopic (exact) mass is 381 g/mol. The number of carbonyl (C=O) groups excluding carboxylic acids is 2. The van der Waals surface area contributed by atoms with Crippen LogP contribution in [-0.2, 0) is 6.54 Å². The lowest BCUT2D eigenvalue weighted by Gasteiger charge is -2.15. The zero-order chi connectivity index (χ0) is 19.2. The molecule has 0 aliphatic carbocycles. The minimum atomic E-state index is -0.288. The number of hydrogen-bond acceptors (Lipinski definition) is 5. The van der Waals surface area contributed by atoms with Gasteiger partial charge in [-0.3, -0.25) is 14.9 Å². The van der Waals surface area contributed by atoms with Gasteiger partial charge in [-0.05, 0) is 29.8 Å². The summed E-state index contributed by atoms with van der Waals surface area (Å²) in [7, 11) is 3.29. The second-order valence-electron chi connectivity index (χ2n) is 5.87. The molecule has 0 aliphatic rings. The molecule has 0 bridgehead atoms. The summed E-state index contributed by atoms with van der Waals surface area (Å²) in [5.74, 6) is 0.193. The number of rotatable bonds is 6. The van der Waals surface area contributed by atoms with Crippen LogP contribution in [0.4, 0.5) is 5.13 Å². The fourth-order valence-corrected chi connectivity index (χ4v) is 3.15. The van der Waals surface area contributed by atoms with E-state index in [1.165, 1.54) is 11.3 Å². The van der Waals surface area contributed by atoms with E-state index in [0.717, 1.165) is 5.56 Å². The lowest BCUT2D eigenvalue weighted by atomic mass is 10.2. The van der Waals surface area contributed by atoms with E-state index in [-0.39, 0.29) is 11.8 Å². The summed E-state index contributed by atoms with van der Waals surface area (Å²) in [5, 5.41) is 4.74. The van der Waals surface area contributed by atoms with Crippen molar-refractivity contribution in [2.24, 2.45) is 0 Å². The number of amides is 2. The van der Waals surface area contributed by atoms with Gasteiger partial charge in [-0.15, -0.1) is 11.3 Å². The van der Waals surface area contributed by atoms with Crippen molar-refractivity contribution in [3.63, 3.8) is 0 Å². The third kappa shape index (κ3) is 4.71. The minimum absolute atomic E-state index is 0.194. The van der Waals surface area contributed by atoms with Gasteiger partial charge >= 0.3 is 0 Å². The molecule has 3 aromatic rings. The number of hydrogen-bond donors (Lipinski definition) is 1. The fraction of sp³-hybridized carbons (Fsp3) is 0.150. The van der Waals surface area contributed by atoms with Gasteiger partial charge in [0, 0.05) is 24.5 Å². The highest BCUT2D eigenvalue weighted by molar-refractivity contribution is 7.14. The van der Waals surface area contributed by atoms with E-state index in [2.05, 4.69) is 10.3 Å². The molecule has 2 aromatic carbocycles. The topological polar surface area (TPSA) is 71.5 Å². The smallest absolute Gasteiger partial charge is 0.273 e. The van der Waals surface area contributed by atoms with Crippen molar-refractivity contribution >= 4 is 28.3 Å². The molecule has 0 saturated heterocycles. The normalized spacial score (nSPS) is 10.3. The van der Waals surface area contributed by atoms with E-state index in [4.69, 9.17) is 4.74 Å². The maximum absolute atomic E-state index is 12.5. The molecular weight excluding hydrogens is 362 g/mol. The average Bonchev–Trinajstić information content (AvgIpc) is 3.16. The fourth-order valence-electron chi connectivity index (χ4n) is 2.47. The van der Waals surface area contributed by atoms with E-state index in [9.17, 15) is 9.59 Å². The van der Waals surface area contributed by atoms with Crippen LogP contribution >= 0.6 is 11.3 Å². The van der Waals surface area contributed by atoms with Crippen molar-refractivity contribution in [1.82, 2.24) is 9.88 Å². The molecule has 1 aromatic heterocycles. The molecule has 6 nitrogen and oxygen atoms in total. The van der Waals surface area contributed by atoms with Crippen molar-refractivity contribution < 1.29 is 14.3 Å². The first-order chi connectivity index (χ1) is 13.1. The predicted molar refractivity (Wildman–Crippen MR) is 105 cm³/mol. The highest BCUT2D eigenvalue weighted by Crippen LogP contribution is 2.19. The van der Waals surface area contributed by atoms with Crippen LogP contribution in [0.15, 0.2) is 60.0 Å². The number of aromatic nitrogens is 1. The van der Waals surface area contributed by atoms with Crippen molar-refractivity contribution in [3.8, 4) is 5.75 Å². The number of carbonyl (C=O) groups is 2. The summed E-state index contributed by atoms with van der Waals surface area (Å²) >= 11 is 1.22. The van der Waals surface area contributed by atoms with E-state index in [0.29, 0.717) is 28.7 Å². The van der Waals surface area contributed by atoms with Gasteiger partial charge in [-0.1, -0.05) is 30.3 Å². The zero-order valence-corrected chi connectivity index (χ0v) is 15.8. The van der Waals surface area contributed by atoms with E-state index >= 15 is 0 Å². The molecule has 138 valence electrons. The maximum Gasteiger partial charge on any atom is 0.273 e. The summed E-state index contributed by atoms with van der Waals surface area (Å²) in [6, 6.07) is 16.5. The van der Waals surface area contributed by atoms with Crippen LogP contribution in [0.3, 0.4) is 0 Å². The highest BCUT2D eigenvalue weighted by atomic mass is 32.1. The molecule has 1 heterocycles. The molecule has 1 N–H and O–H groups in total. The Morgan fingerprint density at radius 2 is 1.81 bits per heavy atom. The molecule has 0 fully saturated rings. The van der Waals surface area contributed by atoms with Crippen LogP contribution in [-0.4, -0.2) is 35.9 Å². The van der Waals surface area contributed by atoms with Gasteiger partial charge < -0.3 is 9.64 Å². The number of benzene rings is 2. The first-order valence-electron chi connectivity index (χ1n) is 8.27. The van der Waals surface area contributed by atoms with Gasteiger partial charge in [0.2, 0.25) is 0 Å². The number of methoxy groups -OCH3 is 1. The van der Waals surface area contributed by atoms with E-state index in [1.54, 1.807) is 48.7 Å². The first-order valence-corrected chi connectivity index (χ1v) is 9.15. The molecule has 0 radical (unpaired) electrons. The average molecular weight is 381 g/mol. The van der Waals surface area contributed by atoms with Gasteiger partial charge in [0.1, 0.15) is 11.4 Å². The molecule has 0 atom stereocenters. The van der Waals surface area contributed by atoms with Crippen LogP contribution in [0.5, 0.6) is 5.75 Å². The SMILES string of the molecule is COc1ccc(C(=O)Nc2nc(C(=O)N(C)Cc3ccccc3)cs2)cc1. The summed E-state index contributed by atoms with van der Waals surface area (Å²) in [5.41, 5.74) is 1.83. The molecule has 27 heavy (non-hydrogen) atoms. The Labute approximate surface area is 161 Å². The molecule has 0 unspecified atom stereocenters. The second kappa shape index (κ2) is 8.46. The van der Waals surface area contributed by atoms with Crippen LogP contribution in [0.2, 0.25) is 0 Å². The zero-order valence-electron chi connectivity index (χ0n) is 15.0. The van der Waals surface area contributed by atoms with Crippen LogP contribution < -0.4 is 10.1 Å². The number of ether oxygens (including phenoxy) is 1. The number of anilines is 1. The largest absolute Gasteiger partial charge is 0.497 e. The van der Waals surface area contributed by atoms with E-state index < -0.39 is 0 Å². The second-order valence-corrected chi connectivity index (χ2v) is 6.73. The molecule has 0 saturated carbocycles. The molecule has 7 heteroatoms. The molecule has 2 amide bonds. The van der Waals surface area contributed by atoms with Crippen molar-refractivity contribution in [2.45, 2.75) is 6.54 Å². The summed E-state index contributed by atoms with van der Waals surface area (Å²) in [4.78, 5) is 30.7. The maximum atomic E-state index is 12.5. The Balaban J connectivity index is 1.63. The first kappa shape index (κ1) is 18.6. The van der Waals surface area contributed by atoms with Gasteiger partial charge in [0.15, 0.2) is 5.13 Å². The molecule has 3 rings (SSSR count). The Bertz CT molecular complexity index is 923. The van der Waals surface area contributed by atoms with Gasteiger partial charge in [-0.25, -0.2) is 4.98 Å². The Hall–Kier alpha value is -3.19. The Morgan fingerprint density at radius 1 is 1.11 bits per heavy atom. The summed E-state index contributed by atoms with van der Waals surface area (Å²) in [6.45, 7) is 0.491. The van der Waals surface area contributed by atoms with Crippen molar-refractivity contribution in [1.29, 1.82) is 0 Å². The van der Waals surface area contributed by atoms with Crippen molar-refractivity contribution in [3.05, 3.63) is 76.8 Å². The lowest BCUT2D eigenvalue weighted by Crippen LogP contribution is -2.26. The predicted octanol–water partition coefficient (Wildman–Crippen LogP) is 3.68. The van der Waals surface area contributed by atoms with Gasteiger partial charge in [0.25, 0.3) is 11.8 Å². The standard InChI is InChI=1S/C20H19N3O3S/c1-23(12-14-6-4-3-5-7-14)19(25)17-13-27-20(21-17)22-18(24)15-8-10-16(26-2)11-9-15/h3-11,13H,12H2,1-2H3,(H,21,22,24). The number of thiazole rings is 1. The van der Waals surface area contributed by atoms with Crippen LogP contribution in [0.25, 0.3) is 0 Å². The van der Waals surface area contributed by atoms with Gasteiger partial charge in [-0.2, -0.15) is 0 Å². The molecular formula is C20H19N3O3S. The Morgan fingerprint density at radius 3 is 2.48 bits per heavy atom. The number of nitrogens with one attached hydrogen (secondary N) is 1. The molecule has 0 aliphatic heterocycles. The molecule has 0 spiro atoms. The lowest BCUT2D eigenvalue weighted by molar-refractivity contribution is 0.0779. The van der Waals surface area contributed by atoms with Gasteiger partial charge in [0.05, 0.1) is 7.11 Å². The third-order valence-corrected chi connectivity index (χ3v) is 4.66. The van der Waals surface area contributed by atoms with Crippen molar-refractivity contribution in [2.75, 3.05) is 19.5 Å². The third-order valence-electron chi connectivity index (χ3n) is 3.91. The minimum Gasteiger partial charge on any atom is -0.497 e. The number of nitrogens with zero attached hydrogens (tertiary/aromatic N) is 2. The van der Waals surface area contributed by atoms with Crippen LogP contribution in [0, 0.1) is 0 Å². The Kier molecular flexibility index (Phi) is 5.83. The summed E-state index contributed by atoms with van der Waals surface area (Å²) in [6.07, 6.45) is 0. The van der Waals surface area contributed by atoms with E-state index in [1.807, 2.05) is 30.3 Å². The summed E-state index contributed by atoms with van der Waals surface area (Å²) < 4.78 is 5.08. The quantitative estimate of drug-likeness (QED) is 0.707. The highest BCUT2D eigenvalue weighted by Gasteiger charge is 2.17.